The van der Waals surface area contributed by atoms with E-state index in [0.29, 0.717) is 27.9 Å². The molecule has 0 spiro atoms. The quantitative estimate of drug-likeness (QED) is 0.368. The SMILES string of the molecule is CC(C)CNC(=O)C(C)N(Cc1c(Cl)cccc1Cl)C(=O)COc1ccc(C(C)(C)C)cc1Br. The first-order valence-corrected chi connectivity index (χ1v) is 12.8. The van der Waals surface area contributed by atoms with E-state index in [1.165, 1.54) is 4.90 Å². The topological polar surface area (TPSA) is 58.6 Å². The Morgan fingerprint density at radius 2 is 1.71 bits per heavy atom. The summed E-state index contributed by atoms with van der Waals surface area (Å²) < 4.78 is 6.60. The molecule has 1 unspecified atom stereocenters. The van der Waals surface area contributed by atoms with Crippen molar-refractivity contribution in [2.45, 2.75) is 59.5 Å². The van der Waals surface area contributed by atoms with Crippen molar-refractivity contribution in [2.75, 3.05) is 13.2 Å². The summed E-state index contributed by atoms with van der Waals surface area (Å²) in [6.07, 6.45) is 0. The molecule has 0 heterocycles. The maximum absolute atomic E-state index is 13.3. The predicted molar refractivity (Wildman–Crippen MR) is 143 cm³/mol. The van der Waals surface area contributed by atoms with Crippen molar-refractivity contribution in [3.63, 3.8) is 0 Å². The summed E-state index contributed by atoms with van der Waals surface area (Å²) in [4.78, 5) is 27.5. The lowest BCUT2D eigenvalue weighted by atomic mass is 9.87. The van der Waals surface area contributed by atoms with Gasteiger partial charge < -0.3 is 15.0 Å². The number of carbonyl (C=O) groups is 2. The molecule has 0 bridgehead atoms. The molecule has 1 N–H and O–H groups in total. The van der Waals surface area contributed by atoms with Crippen LogP contribution in [0.15, 0.2) is 40.9 Å². The van der Waals surface area contributed by atoms with Gasteiger partial charge in [0.25, 0.3) is 5.91 Å². The van der Waals surface area contributed by atoms with Crippen molar-refractivity contribution in [2.24, 2.45) is 5.92 Å². The van der Waals surface area contributed by atoms with Crippen molar-refractivity contribution in [1.29, 1.82) is 0 Å². The summed E-state index contributed by atoms with van der Waals surface area (Å²) in [5.41, 5.74) is 1.71. The highest BCUT2D eigenvalue weighted by atomic mass is 79.9. The molecule has 5 nitrogen and oxygen atoms in total. The molecule has 186 valence electrons. The number of halogens is 3. The second kappa shape index (κ2) is 12.3. The Morgan fingerprint density at radius 3 is 2.24 bits per heavy atom. The van der Waals surface area contributed by atoms with Gasteiger partial charge in [-0.3, -0.25) is 9.59 Å². The van der Waals surface area contributed by atoms with Gasteiger partial charge in [0.05, 0.1) is 4.47 Å². The molecule has 34 heavy (non-hydrogen) atoms. The molecule has 2 amide bonds. The van der Waals surface area contributed by atoms with Gasteiger partial charge in [-0.1, -0.05) is 70.0 Å². The first kappa shape index (κ1) is 28.5. The van der Waals surface area contributed by atoms with Gasteiger partial charge in [0.2, 0.25) is 5.91 Å². The number of benzene rings is 2. The summed E-state index contributed by atoms with van der Waals surface area (Å²) in [5, 5.41) is 3.75. The van der Waals surface area contributed by atoms with Gasteiger partial charge in [0.15, 0.2) is 6.61 Å². The molecular formula is C26H33BrCl2N2O3. The van der Waals surface area contributed by atoms with E-state index in [1.54, 1.807) is 25.1 Å². The summed E-state index contributed by atoms with van der Waals surface area (Å²) >= 11 is 16.2. The number of nitrogens with one attached hydrogen (secondary N) is 1. The second-order valence-corrected chi connectivity index (χ2v) is 11.4. The van der Waals surface area contributed by atoms with Crippen molar-refractivity contribution in [3.8, 4) is 5.75 Å². The van der Waals surface area contributed by atoms with Gasteiger partial charge in [-0.2, -0.15) is 0 Å². The van der Waals surface area contributed by atoms with Gasteiger partial charge in [-0.25, -0.2) is 0 Å². The molecule has 0 aliphatic carbocycles. The molecule has 0 fully saturated rings. The van der Waals surface area contributed by atoms with Gasteiger partial charge in [-0.05, 0) is 64.0 Å². The van der Waals surface area contributed by atoms with Crippen molar-refractivity contribution < 1.29 is 14.3 Å². The number of nitrogens with zero attached hydrogens (tertiary/aromatic N) is 1. The van der Waals surface area contributed by atoms with E-state index in [9.17, 15) is 9.59 Å². The number of rotatable bonds is 9. The monoisotopic (exact) mass is 570 g/mol. The van der Waals surface area contributed by atoms with Crippen molar-refractivity contribution in [3.05, 3.63) is 62.0 Å². The van der Waals surface area contributed by atoms with Gasteiger partial charge in [0.1, 0.15) is 11.8 Å². The molecule has 0 radical (unpaired) electrons. The van der Waals surface area contributed by atoms with Crippen molar-refractivity contribution in [1.82, 2.24) is 10.2 Å². The van der Waals surface area contributed by atoms with Crippen LogP contribution in [0, 0.1) is 5.92 Å². The first-order chi connectivity index (χ1) is 15.8. The molecule has 1 atom stereocenters. The van der Waals surface area contributed by atoms with E-state index in [2.05, 4.69) is 42.0 Å². The lowest BCUT2D eigenvalue weighted by molar-refractivity contribution is -0.142. The van der Waals surface area contributed by atoms with E-state index in [0.717, 1.165) is 10.0 Å². The summed E-state index contributed by atoms with van der Waals surface area (Å²) in [7, 11) is 0. The van der Waals surface area contributed by atoms with E-state index >= 15 is 0 Å². The number of amides is 2. The smallest absolute Gasteiger partial charge is 0.261 e. The highest BCUT2D eigenvalue weighted by molar-refractivity contribution is 9.10. The zero-order valence-electron chi connectivity index (χ0n) is 20.5. The third-order valence-corrected chi connectivity index (χ3v) is 6.72. The molecule has 0 aliphatic rings. The summed E-state index contributed by atoms with van der Waals surface area (Å²) in [6.45, 7) is 12.4. The Kier molecular flexibility index (Phi) is 10.3. The fourth-order valence-corrected chi connectivity index (χ4v) is 4.21. The molecule has 8 heteroatoms. The Labute approximate surface area is 221 Å². The van der Waals surface area contributed by atoms with E-state index in [1.807, 2.05) is 32.0 Å². The fraction of sp³-hybridized carbons (Fsp3) is 0.462. The molecule has 0 saturated carbocycles. The Hall–Kier alpha value is -1.76. The van der Waals surface area contributed by atoms with Crippen LogP contribution in [0.5, 0.6) is 5.75 Å². The Bertz CT molecular complexity index is 1000. The van der Waals surface area contributed by atoms with E-state index in [-0.39, 0.29) is 36.3 Å². The third kappa shape index (κ3) is 7.89. The lowest BCUT2D eigenvalue weighted by Crippen LogP contribution is -2.49. The maximum Gasteiger partial charge on any atom is 0.261 e. The minimum Gasteiger partial charge on any atom is -0.483 e. The highest BCUT2D eigenvalue weighted by Gasteiger charge is 2.28. The van der Waals surface area contributed by atoms with Crippen LogP contribution in [0.3, 0.4) is 0 Å². The zero-order valence-corrected chi connectivity index (χ0v) is 23.6. The van der Waals surface area contributed by atoms with Crippen LogP contribution in [-0.2, 0) is 21.5 Å². The number of hydrogen-bond acceptors (Lipinski definition) is 3. The van der Waals surface area contributed by atoms with Crippen LogP contribution in [0.4, 0.5) is 0 Å². The molecule has 2 aromatic rings. The Morgan fingerprint density at radius 1 is 1.09 bits per heavy atom. The molecule has 0 saturated heterocycles. The molecule has 2 aromatic carbocycles. The highest BCUT2D eigenvalue weighted by Crippen LogP contribution is 2.32. The molecule has 0 aliphatic heterocycles. The van der Waals surface area contributed by atoms with E-state index in [4.69, 9.17) is 27.9 Å². The standard InChI is InChI=1S/C26H33BrCl2N2O3/c1-16(2)13-30-25(33)17(3)31(14-19-21(28)8-7-9-22(19)29)24(32)15-34-23-11-10-18(12-20(23)27)26(4,5)6/h7-12,16-17H,13-15H2,1-6H3,(H,30,33). The van der Waals surface area contributed by atoms with Crippen LogP contribution in [0.25, 0.3) is 0 Å². The third-order valence-electron chi connectivity index (χ3n) is 5.39. The summed E-state index contributed by atoms with van der Waals surface area (Å²) in [5.74, 6) is 0.236. The molecular weight excluding hydrogens is 539 g/mol. The van der Waals surface area contributed by atoms with Crippen LogP contribution in [-0.4, -0.2) is 35.9 Å². The van der Waals surface area contributed by atoms with Crippen LogP contribution < -0.4 is 10.1 Å². The second-order valence-electron chi connectivity index (χ2n) is 9.72. The van der Waals surface area contributed by atoms with Gasteiger partial charge >= 0.3 is 0 Å². The van der Waals surface area contributed by atoms with Crippen LogP contribution in [0.2, 0.25) is 10.0 Å². The van der Waals surface area contributed by atoms with Crippen LogP contribution >= 0.6 is 39.1 Å². The fourth-order valence-electron chi connectivity index (χ4n) is 3.20. The molecule has 2 rings (SSSR count). The first-order valence-electron chi connectivity index (χ1n) is 11.2. The maximum atomic E-state index is 13.3. The largest absolute Gasteiger partial charge is 0.483 e. The van der Waals surface area contributed by atoms with E-state index < -0.39 is 6.04 Å². The lowest BCUT2D eigenvalue weighted by Gasteiger charge is -2.29. The number of carbonyl (C=O) groups excluding carboxylic acids is 2. The normalized spacial score (nSPS) is 12.4. The average molecular weight is 572 g/mol. The molecule has 0 aromatic heterocycles. The summed E-state index contributed by atoms with van der Waals surface area (Å²) in [6, 6.07) is 10.2. The van der Waals surface area contributed by atoms with Crippen molar-refractivity contribution >= 4 is 50.9 Å². The predicted octanol–water partition coefficient (Wildman–Crippen LogP) is 6.62. The Balaban J connectivity index is 2.24. The zero-order chi connectivity index (χ0) is 25.6. The van der Waals surface area contributed by atoms with Gasteiger partial charge in [0, 0.05) is 28.7 Å². The van der Waals surface area contributed by atoms with Gasteiger partial charge in [-0.15, -0.1) is 0 Å². The number of hydrogen-bond donors (Lipinski definition) is 1. The van der Waals surface area contributed by atoms with Crippen LogP contribution in [0.1, 0.15) is 52.7 Å². The average Bonchev–Trinajstić information content (AvgIpc) is 2.75. The number of ether oxygens (including phenoxy) is 1. The minimum atomic E-state index is -0.742. The minimum absolute atomic E-state index is 0.0132.